The van der Waals surface area contributed by atoms with Crippen LogP contribution in [-0.4, -0.2) is 71.8 Å². The largest absolute Gasteiger partial charge is 0.493 e. The number of nitrogens with two attached hydrogens (primary N) is 1. The van der Waals surface area contributed by atoms with Crippen LogP contribution in [0.15, 0.2) is 47.7 Å². The van der Waals surface area contributed by atoms with Gasteiger partial charge in [-0.2, -0.15) is 5.10 Å². The van der Waals surface area contributed by atoms with E-state index in [1.807, 2.05) is 0 Å². The van der Waals surface area contributed by atoms with Gasteiger partial charge in [0, 0.05) is 30.1 Å². The second-order valence-corrected chi connectivity index (χ2v) is 9.90. The van der Waals surface area contributed by atoms with Crippen molar-refractivity contribution in [2.75, 3.05) is 50.3 Å². The predicted octanol–water partition coefficient (Wildman–Crippen LogP) is 1.16. The molecule has 0 radical (unpaired) electrons. The third-order valence-corrected chi connectivity index (χ3v) is 7.18. The van der Waals surface area contributed by atoms with Gasteiger partial charge in [0.2, 0.25) is 5.91 Å². The Balaban J connectivity index is 1.46. The SMILES string of the molecule is COc1cc2c(cc1OCCCN1CCC[C@H]1CO)=NCN(c1cccc(F)c1F)C=2Nc1cnn(CC(N)=O)c1. The van der Waals surface area contributed by atoms with Gasteiger partial charge in [0.15, 0.2) is 23.1 Å². The smallest absolute Gasteiger partial charge is 0.239 e. The summed E-state index contributed by atoms with van der Waals surface area (Å²) in [5.74, 6) is -1.19. The van der Waals surface area contributed by atoms with E-state index in [1.165, 1.54) is 35.0 Å². The van der Waals surface area contributed by atoms with Crippen LogP contribution >= 0.6 is 0 Å². The Morgan fingerprint density at radius 1 is 1.27 bits per heavy atom. The molecule has 0 spiro atoms. The first-order chi connectivity index (χ1) is 19.9. The molecule has 1 saturated heterocycles. The highest BCUT2D eigenvalue weighted by Crippen LogP contribution is 2.29. The van der Waals surface area contributed by atoms with Crippen LogP contribution in [0.2, 0.25) is 0 Å². The Kier molecular flexibility index (Phi) is 8.64. The van der Waals surface area contributed by atoms with E-state index in [2.05, 4.69) is 20.3 Å². The molecule has 1 aromatic heterocycles. The molecule has 0 bridgehead atoms. The summed E-state index contributed by atoms with van der Waals surface area (Å²) in [4.78, 5) is 19.8. The van der Waals surface area contributed by atoms with Crippen LogP contribution in [0.5, 0.6) is 11.5 Å². The van der Waals surface area contributed by atoms with Crippen molar-refractivity contribution in [2.24, 2.45) is 10.7 Å². The number of fused-ring (bicyclic) bond motifs is 1. The Morgan fingerprint density at radius 3 is 2.90 bits per heavy atom. The number of aliphatic hydroxyl groups excluding tert-OH is 1. The fourth-order valence-electron chi connectivity index (χ4n) is 5.19. The van der Waals surface area contributed by atoms with Crippen LogP contribution in [-0.2, 0) is 11.3 Å². The Morgan fingerprint density at radius 2 is 2.12 bits per heavy atom. The monoisotopic (exact) mass is 569 g/mol. The van der Waals surface area contributed by atoms with Gasteiger partial charge in [0.05, 0.1) is 43.3 Å². The van der Waals surface area contributed by atoms with Gasteiger partial charge < -0.3 is 30.5 Å². The second kappa shape index (κ2) is 12.5. The molecule has 4 N–H and O–H groups in total. The zero-order valence-electron chi connectivity index (χ0n) is 22.7. The molecule has 218 valence electrons. The average molecular weight is 570 g/mol. The van der Waals surface area contributed by atoms with Crippen molar-refractivity contribution in [3.05, 3.63) is 64.9 Å². The number of aliphatic hydroxyl groups is 1. The number of nitrogens with one attached hydrogen (secondary N) is 1. The van der Waals surface area contributed by atoms with Crippen LogP contribution in [0.3, 0.4) is 0 Å². The number of primary amides is 1. The molecule has 3 heterocycles. The molecule has 1 amide bonds. The highest BCUT2D eigenvalue weighted by Gasteiger charge is 2.25. The number of rotatable bonds is 12. The molecule has 0 unspecified atom stereocenters. The summed E-state index contributed by atoms with van der Waals surface area (Å²) in [7, 11) is 1.52. The maximum atomic E-state index is 14.9. The number of halogens is 2. The summed E-state index contributed by atoms with van der Waals surface area (Å²) in [6.45, 7) is 2.28. The van der Waals surface area contributed by atoms with Crippen molar-refractivity contribution < 1.29 is 28.2 Å². The van der Waals surface area contributed by atoms with Gasteiger partial charge in [-0.3, -0.25) is 19.4 Å². The number of ether oxygens (including phenoxy) is 2. The minimum atomic E-state index is -1.01. The molecule has 0 aliphatic carbocycles. The molecule has 2 aliphatic heterocycles. The summed E-state index contributed by atoms with van der Waals surface area (Å²) < 4.78 is 42.2. The van der Waals surface area contributed by atoms with Crippen molar-refractivity contribution in [1.29, 1.82) is 0 Å². The number of hydrogen-bond acceptors (Lipinski definition) is 9. The number of anilines is 2. The number of aromatic nitrogens is 2. The van der Waals surface area contributed by atoms with Crippen LogP contribution in [0.4, 0.5) is 20.2 Å². The lowest BCUT2D eigenvalue weighted by molar-refractivity contribution is -0.118. The number of methoxy groups -OCH3 is 1. The van der Waals surface area contributed by atoms with Crippen molar-refractivity contribution in [3.8, 4) is 11.5 Å². The van der Waals surface area contributed by atoms with Gasteiger partial charge in [-0.25, -0.2) is 8.78 Å². The number of hydrogen-bond donors (Lipinski definition) is 3. The minimum absolute atomic E-state index is 0.00555. The molecule has 41 heavy (non-hydrogen) atoms. The van der Waals surface area contributed by atoms with E-state index in [1.54, 1.807) is 18.3 Å². The van der Waals surface area contributed by atoms with Gasteiger partial charge in [-0.05, 0) is 44.0 Å². The summed E-state index contributed by atoms with van der Waals surface area (Å²) >= 11 is 0. The van der Waals surface area contributed by atoms with E-state index in [4.69, 9.17) is 15.2 Å². The maximum Gasteiger partial charge on any atom is 0.239 e. The lowest BCUT2D eigenvalue weighted by Gasteiger charge is -2.29. The highest BCUT2D eigenvalue weighted by atomic mass is 19.2. The van der Waals surface area contributed by atoms with E-state index in [0.29, 0.717) is 40.2 Å². The molecule has 2 aromatic carbocycles. The number of carbonyl (C=O) groups is 1. The second-order valence-electron chi connectivity index (χ2n) is 9.90. The number of likely N-dealkylation sites (tertiary alicyclic amines) is 1. The molecule has 1 fully saturated rings. The highest BCUT2D eigenvalue weighted by molar-refractivity contribution is 5.78. The van der Waals surface area contributed by atoms with E-state index < -0.39 is 17.5 Å². The third kappa shape index (κ3) is 6.25. The van der Waals surface area contributed by atoms with Crippen molar-refractivity contribution in [1.82, 2.24) is 14.7 Å². The van der Waals surface area contributed by atoms with Gasteiger partial charge >= 0.3 is 0 Å². The quantitative estimate of drug-likeness (QED) is 0.277. The van der Waals surface area contributed by atoms with Gasteiger partial charge in [0.25, 0.3) is 0 Å². The lowest BCUT2D eigenvalue weighted by atomic mass is 10.2. The standard InChI is InChI=1S/C28H33F2N7O4/c1-40-24-11-20-22(12-25(24)41-10-4-9-35-8-3-5-19(35)16-38)32-17-37(23-7-2-6-21(29)27(23)30)28(20)34-18-13-33-36(14-18)15-26(31)39/h2,6-7,11-14,19,34,38H,3-5,8-10,15-17H2,1H3,(H2,31,39)/t19-/m0/s1. The Labute approximate surface area is 235 Å². The molecule has 0 saturated carbocycles. The molecular weight excluding hydrogens is 536 g/mol. The Hall–Kier alpha value is -4.23. The van der Waals surface area contributed by atoms with Crippen LogP contribution in [0, 0.1) is 11.6 Å². The summed E-state index contributed by atoms with van der Waals surface area (Å²) in [5.41, 5.74) is 5.78. The average Bonchev–Trinajstić information content (AvgIpc) is 3.61. The van der Waals surface area contributed by atoms with Gasteiger partial charge in [-0.15, -0.1) is 0 Å². The van der Waals surface area contributed by atoms with Gasteiger partial charge in [-0.1, -0.05) is 6.07 Å². The predicted molar refractivity (Wildman–Crippen MR) is 148 cm³/mol. The molecule has 11 nitrogen and oxygen atoms in total. The number of benzene rings is 2. The van der Waals surface area contributed by atoms with Crippen molar-refractivity contribution in [2.45, 2.75) is 31.8 Å². The third-order valence-electron chi connectivity index (χ3n) is 7.18. The van der Waals surface area contributed by atoms with Crippen LogP contribution in [0.1, 0.15) is 19.3 Å². The van der Waals surface area contributed by atoms with E-state index in [-0.39, 0.29) is 31.5 Å². The zero-order chi connectivity index (χ0) is 28.9. The summed E-state index contributed by atoms with van der Waals surface area (Å²) in [5, 5.41) is 18.0. The molecule has 1 atom stereocenters. The lowest BCUT2D eigenvalue weighted by Crippen LogP contribution is -2.43. The van der Waals surface area contributed by atoms with E-state index in [9.17, 15) is 18.7 Å². The molecule has 3 aromatic rings. The molecule has 5 rings (SSSR count). The van der Waals surface area contributed by atoms with E-state index >= 15 is 0 Å². The molecule has 13 heteroatoms. The fourth-order valence-corrected chi connectivity index (χ4v) is 5.19. The number of nitrogens with zero attached hydrogens (tertiary/aromatic N) is 5. The molecular formula is C28H33F2N7O4. The first-order valence-corrected chi connectivity index (χ1v) is 13.4. The van der Waals surface area contributed by atoms with Crippen LogP contribution in [0.25, 0.3) is 5.82 Å². The first kappa shape index (κ1) is 28.3. The summed E-state index contributed by atoms with van der Waals surface area (Å²) in [6.07, 6.45) is 5.95. The van der Waals surface area contributed by atoms with E-state index in [0.717, 1.165) is 38.4 Å². The maximum absolute atomic E-state index is 14.9. The normalized spacial score (nSPS) is 16.8. The number of amides is 1. The summed E-state index contributed by atoms with van der Waals surface area (Å²) in [6, 6.07) is 7.65. The molecule has 2 aliphatic rings. The zero-order valence-corrected chi connectivity index (χ0v) is 22.7. The van der Waals surface area contributed by atoms with Crippen LogP contribution < -0.4 is 36.0 Å². The van der Waals surface area contributed by atoms with Gasteiger partial charge in [0.1, 0.15) is 19.0 Å². The topological polar surface area (TPSA) is 130 Å². The Bertz CT molecular complexity index is 1530. The fraction of sp³-hybridized carbons (Fsp3) is 0.393. The number of carbonyl (C=O) groups excluding carboxylic acids is 1. The first-order valence-electron chi connectivity index (χ1n) is 13.4. The van der Waals surface area contributed by atoms with Crippen molar-refractivity contribution in [3.63, 3.8) is 0 Å². The van der Waals surface area contributed by atoms with Crippen molar-refractivity contribution >= 4 is 23.1 Å². The minimum Gasteiger partial charge on any atom is -0.493 e.